The van der Waals surface area contributed by atoms with Crippen LogP contribution in [0.4, 0.5) is 0 Å². The molecule has 0 aliphatic heterocycles. The summed E-state index contributed by atoms with van der Waals surface area (Å²) in [4.78, 5) is 4.13. The number of rotatable bonds is 2. The Morgan fingerprint density at radius 3 is 2.92 bits per heavy atom. The summed E-state index contributed by atoms with van der Waals surface area (Å²) in [6, 6.07) is 1.86. The fourth-order valence-electron chi connectivity index (χ4n) is 0.962. The van der Waals surface area contributed by atoms with E-state index in [2.05, 4.69) is 20.9 Å². The van der Waals surface area contributed by atoms with Crippen molar-refractivity contribution >= 4 is 15.9 Å². The van der Waals surface area contributed by atoms with E-state index in [1.807, 2.05) is 13.0 Å². The maximum Gasteiger partial charge on any atom is 0.110 e. The first kappa shape index (κ1) is 9.64. The molecule has 4 N–H and O–H groups in total. The fraction of sp³-hybridized carbons (Fsp3) is 0.375. The van der Waals surface area contributed by atoms with Crippen molar-refractivity contribution in [3.63, 3.8) is 0 Å². The maximum absolute atomic E-state index is 5.77. The quantitative estimate of drug-likeness (QED) is 0.748. The third-order valence-electron chi connectivity index (χ3n) is 1.66. The van der Waals surface area contributed by atoms with E-state index in [4.69, 9.17) is 11.5 Å². The van der Waals surface area contributed by atoms with Gasteiger partial charge in [0.05, 0.1) is 0 Å². The number of hydrogen-bond donors (Lipinski definition) is 2. The van der Waals surface area contributed by atoms with E-state index in [1.165, 1.54) is 0 Å². The molecule has 0 aliphatic carbocycles. The molecule has 4 heteroatoms. The summed E-state index contributed by atoms with van der Waals surface area (Å²) in [6.07, 6.45) is 1.79. The number of halogens is 1. The normalized spacial score (nSPS) is 13.0. The summed E-state index contributed by atoms with van der Waals surface area (Å²) in [6.45, 7) is 2.41. The van der Waals surface area contributed by atoms with Gasteiger partial charge in [-0.05, 0) is 28.4 Å². The maximum atomic E-state index is 5.77. The molecule has 0 amide bonds. The smallest absolute Gasteiger partial charge is 0.110 e. The third-order valence-corrected chi connectivity index (χ3v) is 2.32. The van der Waals surface area contributed by atoms with Crippen LogP contribution in [0.1, 0.15) is 17.2 Å². The van der Waals surface area contributed by atoms with Crippen LogP contribution < -0.4 is 11.5 Å². The van der Waals surface area contributed by atoms with Crippen LogP contribution >= 0.6 is 15.9 Å². The molecule has 0 saturated carbocycles. The molecule has 1 rings (SSSR count). The lowest BCUT2D eigenvalue weighted by molar-refractivity contribution is 0.727. The molecule has 0 bridgehead atoms. The first-order valence-electron chi connectivity index (χ1n) is 3.73. The van der Waals surface area contributed by atoms with Gasteiger partial charge in [-0.2, -0.15) is 0 Å². The Kier molecular flexibility index (Phi) is 3.20. The Balaban J connectivity index is 3.04. The van der Waals surface area contributed by atoms with Crippen molar-refractivity contribution < 1.29 is 0 Å². The highest BCUT2D eigenvalue weighted by atomic mass is 79.9. The predicted octanol–water partition coefficient (Wildman–Crippen LogP) is 1.11. The zero-order chi connectivity index (χ0) is 9.14. The van der Waals surface area contributed by atoms with Crippen molar-refractivity contribution in [2.24, 2.45) is 11.5 Å². The molecular weight excluding hydrogens is 218 g/mol. The summed E-state index contributed by atoms with van der Waals surface area (Å²) in [5.74, 6) is 0. The fourth-order valence-corrected chi connectivity index (χ4v) is 1.47. The number of aryl methyl sites for hydroxylation is 1. The second kappa shape index (κ2) is 3.98. The molecule has 0 unspecified atom stereocenters. The van der Waals surface area contributed by atoms with Gasteiger partial charge in [0.2, 0.25) is 0 Å². The van der Waals surface area contributed by atoms with Gasteiger partial charge in [0.1, 0.15) is 4.60 Å². The summed E-state index contributed by atoms with van der Waals surface area (Å²) < 4.78 is 0.783. The molecular formula is C8H12BrN3. The van der Waals surface area contributed by atoms with Gasteiger partial charge in [0, 0.05) is 24.3 Å². The Hall–Kier alpha value is -0.450. The van der Waals surface area contributed by atoms with Crippen molar-refractivity contribution in [2.75, 3.05) is 6.54 Å². The molecule has 0 aliphatic rings. The van der Waals surface area contributed by atoms with Crippen LogP contribution in [-0.2, 0) is 0 Å². The Morgan fingerprint density at radius 1 is 1.67 bits per heavy atom. The summed E-state index contributed by atoms with van der Waals surface area (Å²) >= 11 is 3.33. The highest BCUT2D eigenvalue weighted by Crippen LogP contribution is 2.19. The van der Waals surface area contributed by atoms with E-state index in [9.17, 15) is 0 Å². The van der Waals surface area contributed by atoms with E-state index in [0.717, 1.165) is 15.7 Å². The van der Waals surface area contributed by atoms with Gasteiger partial charge in [0.25, 0.3) is 0 Å². The molecule has 1 aromatic heterocycles. The van der Waals surface area contributed by atoms with E-state index < -0.39 is 0 Å². The zero-order valence-corrected chi connectivity index (χ0v) is 8.51. The van der Waals surface area contributed by atoms with Crippen LogP contribution in [0, 0.1) is 6.92 Å². The van der Waals surface area contributed by atoms with Gasteiger partial charge < -0.3 is 11.5 Å². The van der Waals surface area contributed by atoms with E-state index in [-0.39, 0.29) is 6.04 Å². The van der Waals surface area contributed by atoms with Gasteiger partial charge >= 0.3 is 0 Å². The minimum absolute atomic E-state index is 0.133. The lowest BCUT2D eigenvalue weighted by Gasteiger charge is -2.10. The Morgan fingerprint density at radius 2 is 2.33 bits per heavy atom. The summed E-state index contributed by atoms with van der Waals surface area (Å²) in [7, 11) is 0. The summed E-state index contributed by atoms with van der Waals surface area (Å²) in [5, 5.41) is 0. The van der Waals surface area contributed by atoms with E-state index in [0.29, 0.717) is 6.54 Å². The monoisotopic (exact) mass is 229 g/mol. The van der Waals surface area contributed by atoms with Gasteiger partial charge in [-0.3, -0.25) is 0 Å². The first-order chi connectivity index (χ1) is 5.65. The van der Waals surface area contributed by atoms with Crippen LogP contribution in [0.25, 0.3) is 0 Å². The molecule has 1 aromatic rings. The molecule has 1 heterocycles. The topological polar surface area (TPSA) is 64.9 Å². The highest BCUT2D eigenvalue weighted by molar-refractivity contribution is 9.10. The molecule has 12 heavy (non-hydrogen) atoms. The van der Waals surface area contributed by atoms with Gasteiger partial charge in [-0.1, -0.05) is 6.07 Å². The Bertz CT molecular complexity index is 275. The van der Waals surface area contributed by atoms with Crippen LogP contribution in [0.5, 0.6) is 0 Å². The largest absolute Gasteiger partial charge is 0.329 e. The van der Waals surface area contributed by atoms with Crippen molar-refractivity contribution in [2.45, 2.75) is 13.0 Å². The van der Waals surface area contributed by atoms with Crippen LogP contribution in [0.2, 0.25) is 0 Å². The molecule has 0 spiro atoms. The molecule has 1 atom stereocenters. The van der Waals surface area contributed by atoms with E-state index >= 15 is 0 Å². The predicted molar refractivity (Wildman–Crippen MR) is 52.7 cm³/mol. The minimum Gasteiger partial charge on any atom is -0.329 e. The molecule has 0 radical (unpaired) electrons. The number of nitrogens with two attached hydrogens (primary N) is 2. The number of pyridine rings is 1. The number of nitrogens with zero attached hydrogens (tertiary/aromatic N) is 1. The second-order valence-corrected chi connectivity index (χ2v) is 3.49. The lowest BCUT2D eigenvalue weighted by atomic mass is 10.1. The van der Waals surface area contributed by atoms with Crippen LogP contribution in [0.3, 0.4) is 0 Å². The standard InChI is InChI=1S/C8H12BrN3/c1-5-2-6(7(11)3-10)8(9)12-4-5/h2,4,7H,3,10-11H2,1H3/t7-/m1/s1. The molecule has 0 aromatic carbocycles. The lowest BCUT2D eigenvalue weighted by Crippen LogP contribution is -2.21. The van der Waals surface area contributed by atoms with E-state index in [1.54, 1.807) is 6.20 Å². The van der Waals surface area contributed by atoms with Crippen molar-refractivity contribution in [3.8, 4) is 0 Å². The SMILES string of the molecule is Cc1cnc(Br)c([C@H](N)CN)c1. The average molecular weight is 230 g/mol. The third kappa shape index (κ3) is 2.03. The molecule has 0 fully saturated rings. The molecule has 66 valence electrons. The van der Waals surface area contributed by atoms with Crippen molar-refractivity contribution in [1.29, 1.82) is 0 Å². The second-order valence-electron chi connectivity index (χ2n) is 2.73. The Labute approximate surface area is 80.3 Å². The van der Waals surface area contributed by atoms with Crippen molar-refractivity contribution in [1.82, 2.24) is 4.98 Å². The number of hydrogen-bond acceptors (Lipinski definition) is 3. The van der Waals surface area contributed by atoms with Gasteiger partial charge in [0.15, 0.2) is 0 Å². The molecule has 0 saturated heterocycles. The minimum atomic E-state index is -0.133. The highest BCUT2D eigenvalue weighted by Gasteiger charge is 2.08. The van der Waals surface area contributed by atoms with Crippen LogP contribution in [0.15, 0.2) is 16.9 Å². The van der Waals surface area contributed by atoms with Crippen LogP contribution in [-0.4, -0.2) is 11.5 Å². The summed E-state index contributed by atoms with van der Waals surface area (Å²) in [5.41, 5.74) is 13.3. The van der Waals surface area contributed by atoms with Crippen molar-refractivity contribution in [3.05, 3.63) is 28.0 Å². The first-order valence-corrected chi connectivity index (χ1v) is 4.52. The molecule has 3 nitrogen and oxygen atoms in total. The van der Waals surface area contributed by atoms with Gasteiger partial charge in [-0.15, -0.1) is 0 Å². The zero-order valence-electron chi connectivity index (χ0n) is 6.92. The van der Waals surface area contributed by atoms with Gasteiger partial charge in [-0.25, -0.2) is 4.98 Å². The average Bonchev–Trinajstić information content (AvgIpc) is 2.08. The number of aromatic nitrogens is 1.